The molecule has 1 aromatic carbocycles. The molecule has 0 saturated carbocycles. The van der Waals surface area contributed by atoms with Gasteiger partial charge in [0.2, 0.25) is 10.0 Å². The van der Waals surface area contributed by atoms with Gasteiger partial charge < -0.3 is 5.11 Å². The lowest BCUT2D eigenvalue weighted by atomic mass is 10.1. The zero-order valence-corrected chi connectivity index (χ0v) is 12.0. The summed E-state index contributed by atoms with van der Waals surface area (Å²) in [4.78, 5) is 0.203. The van der Waals surface area contributed by atoms with Crippen molar-refractivity contribution in [3.63, 3.8) is 0 Å². The molecule has 4 nitrogen and oxygen atoms in total. The Morgan fingerprint density at radius 2 is 1.81 bits per heavy atom. The summed E-state index contributed by atoms with van der Waals surface area (Å²) in [6, 6.07) is 6.53. The molecule has 0 aliphatic rings. The van der Waals surface area contributed by atoms with Crippen LogP contribution in [-0.4, -0.2) is 25.7 Å². The summed E-state index contributed by atoms with van der Waals surface area (Å²) < 4.78 is 27.2. The summed E-state index contributed by atoms with van der Waals surface area (Å²) in [7, 11) is -3.56. The van der Waals surface area contributed by atoms with Gasteiger partial charge >= 0.3 is 0 Å². The average Bonchev–Trinajstić information content (AvgIpc) is 2.17. The van der Waals surface area contributed by atoms with Crippen LogP contribution in [0.3, 0.4) is 0 Å². The topological polar surface area (TPSA) is 66.4 Å². The largest absolute Gasteiger partial charge is 0.394 e. The van der Waals surface area contributed by atoms with Gasteiger partial charge in [-0.15, -0.1) is 0 Å². The van der Waals surface area contributed by atoms with Gasteiger partial charge in [-0.1, -0.05) is 0 Å². The normalized spacial score (nSPS) is 12.8. The highest BCUT2D eigenvalue weighted by Crippen LogP contribution is 2.14. The minimum absolute atomic E-state index is 0.203. The molecule has 0 atom stereocenters. The van der Waals surface area contributed by atoms with Crippen molar-refractivity contribution in [2.24, 2.45) is 0 Å². The van der Waals surface area contributed by atoms with Crippen LogP contribution in [0.1, 0.15) is 13.8 Å². The molecular weight excluding hydrogens is 341 g/mol. The highest BCUT2D eigenvalue weighted by atomic mass is 127. The Balaban J connectivity index is 2.99. The van der Waals surface area contributed by atoms with E-state index in [2.05, 4.69) is 27.3 Å². The minimum atomic E-state index is -3.56. The third-order valence-electron chi connectivity index (χ3n) is 1.93. The molecule has 0 bridgehead atoms. The first-order chi connectivity index (χ1) is 7.27. The molecule has 0 aromatic heterocycles. The Hall–Kier alpha value is -0.180. The van der Waals surface area contributed by atoms with Crippen molar-refractivity contribution in [2.75, 3.05) is 6.61 Å². The molecule has 0 saturated heterocycles. The number of hydrogen-bond donors (Lipinski definition) is 2. The quantitative estimate of drug-likeness (QED) is 0.802. The summed E-state index contributed by atoms with van der Waals surface area (Å²) in [5.74, 6) is 0. The maximum atomic E-state index is 11.9. The van der Waals surface area contributed by atoms with Gasteiger partial charge in [0.25, 0.3) is 0 Å². The van der Waals surface area contributed by atoms with Crippen molar-refractivity contribution in [3.8, 4) is 0 Å². The lowest BCUT2D eigenvalue weighted by Crippen LogP contribution is -2.46. The third-order valence-corrected chi connectivity index (χ3v) is 4.36. The highest BCUT2D eigenvalue weighted by Gasteiger charge is 2.25. The number of halogens is 1. The van der Waals surface area contributed by atoms with Crippen LogP contribution in [0.5, 0.6) is 0 Å². The molecule has 2 N–H and O–H groups in total. The maximum absolute atomic E-state index is 11.9. The number of hydrogen-bond acceptors (Lipinski definition) is 3. The summed E-state index contributed by atoms with van der Waals surface area (Å²) in [6.07, 6.45) is 0. The number of sulfonamides is 1. The second kappa shape index (κ2) is 4.99. The number of nitrogens with one attached hydrogen (secondary N) is 1. The van der Waals surface area contributed by atoms with E-state index in [1.54, 1.807) is 26.0 Å². The zero-order valence-electron chi connectivity index (χ0n) is 9.07. The van der Waals surface area contributed by atoms with Gasteiger partial charge in [0.15, 0.2) is 0 Å². The predicted molar refractivity (Wildman–Crippen MR) is 70.6 cm³/mol. The van der Waals surface area contributed by atoms with E-state index in [1.807, 2.05) is 0 Å². The van der Waals surface area contributed by atoms with E-state index < -0.39 is 15.6 Å². The fraction of sp³-hybridized carbons (Fsp3) is 0.400. The van der Waals surface area contributed by atoms with E-state index in [0.29, 0.717) is 0 Å². The van der Waals surface area contributed by atoms with Gasteiger partial charge in [-0.3, -0.25) is 0 Å². The zero-order chi connectivity index (χ0) is 12.4. The van der Waals surface area contributed by atoms with E-state index >= 15 is 0 Å². The summed E-state index contributed by atoms with van der Waals surface area (Å²) in [6.45, 7) is 2.99. The molecule has 1 aromatic rings. The number of aliphatic hydroxyl groups is 1. The van der Waals surface area contributed by atoms with E-state index in [-0.39, 0.29) is 11.5 Å². The van der Waals surface area contributed by atoms with Crippen molar-refractivity contribution in [3.05, 3.63) is 27.8 Å². The monoisotopic (exact) mass is 355 g/mol. The molecule has 0 unspecified atom stereocenters. The van der Waals surface area contributed by atoms with Crippen LogP contribution in [0.4, 0.5) is 0 Å². The van der Waals surface area contributed by atoms with Gasteiger partial charge in [0, 0.05) is 3.57 Å². The van der Waals surface area contributed by atoms with Crippen molar-refractivity contribution in [1.29, 1.82) is 0 Å². The molecule has 6 heteroatoms. The maximum Gasteiger partial charge on any atom is 0.241 e. The van der Waals surface area contributed by atoms with E-state index in [1.165, 1.54) is 12.1 Å². The Bertz CT molecular complexity index is 453. The lowest BCUT2D eigenvalue weighted by Gasteiger charge is -2.23. The van der Waals surface area contributed by atoms with Crippen LogP contribution < -0.4 is 4.72 Å². The molecule has 0 radical (unpaired) electrons. The van der Waals surface area contributed by atoms with Gasteiger partial charge in [0.1, 0.15) is 0 Å². The van der Waals surface area contributed by atoms with Gasteiger partial charge in [0.05, 0.1) is 17.0 Å². The smallest absolute Gasteiger partial charge is 0.241 e. The molecule has 0 heterocycles. The average molecular weight is 355 g/mol. The molecule has 0 amide bonds. The van der Waals surface area contributed by atoms with E-state index in [0.717, 1.165) is 3.57 Å². The first-order valence-electron chi connectivity index (χ1n) is 4.67. The first-order valence-corrected chi connectivity index (χ1v) is 7.23. The van der Waals surface area contributed by atoms with Crippen molar-refractivity contribution >= 4 is 32.6 Å². The molecule has 0 aliphatic heterocycles. The number of benzene rings is 1. The molecule has 0 aliphatic carbocycles. The second-order valence-corrected chi connectivity index (χ2v) is 7.03. The number of rotatable bonds is 4. The van der Waals surface area contributed by atoms with Crippen LogP contribution in [0.25, 0.3) is 0 Å². The van der Waals surface area contributed by atoms with Crippen LogP contribution in [-0.2, 0) is 10.0 Å². The van der Waals surface area contributed by atoms with Crippen LogP contribution in [0.2, 0.25) is 0 Å². The van der Waals surface area contributed by atoms with E-state index in [4.69, 9.17) is 5.11 Å². The standard InChI is InChI=1S/C10H14INO3S/c1-10(2,7-13)12-16(14,15)9-5-3-8(11)4-6-9/h3-6,12-13H,7H2,1-2H3. The summed E-state index contributed by atoms with van der Waals surface area (Å²) in [5.41, 5.74) is -0.859. The Morgan fingerprint density at radius 1 is 1.31 bits per heavy atom. The lowest BCUT2D eigenvalue weighted by molar-refractivity contribution is 0.208. The van der Waals surface area contributed by atoms with Crippen LogP contribution in [0.15, 0.2) is 29.2 Å². The highest BCUT2D eigenvalue weighted by molar-refractivity contribution is 14.1. The minimum Gasteiger partial charge on any atom is -0.394 e. The molecule has 0 spiro atoms. The van der Waals surface area contributed by atoms with Crippen LogP contribution in [0, 0.1) is 3.57 Å². The fourth-order valence-electron chi connectivity index (χ4n) is 1.07. The first kappa shape index (κ1) is 13.9. The predicted octanol–water partition coefficient (Wildman–Crippen LogP) is 1.34. The van der Waals surface area contributed by atoms with E-state index in [9.17, 15) is 8.42 Å². The van der Waals surface area contributed by atoms with Crippen molar-refractivity contribution < 1.29 is 13.5 Å². The van der Waals surface area contributed by atoms with Gasteiger partial charge in [-0.25, -0.2) is 13.1 Å². The van der Waals surface area contributed by atoms with Gasteiger partial charge in [-0.2, -0.15) is 0 Å². The molecule has 90 valence electrons. The SMILES string of the molecule is CC(C)(CO)NS(=O)(=O)c1ccc(I)cc1. The van der Waals surface area contributed by atoms with Crippen molar-refractivity contribution in [1.82, 2.24) is 4.72 Å². The molecular formula is C10H14INO3S. The molecule has 0 fully saturated rings. The van der Waals surface area contributed by atoms with Crippen LogP contribution >= 0.6 is 22.6 Å². The summed E-state index contributed by atoms with van der Waals surface area (Å²) >= 11 is 2.11. The summed E-state index contributed by atoms with van der Waals surface area (Å²) in [5, 5.41) is 9.02. The Labute approximate surface area is 109 Å². The second-order valence-electron chi connectivity index (χ2n) is 4.10. The Morgan fingerprint density at radius 3 is 2.25 bits per heavy atom. The van der Waals surface area contributed by atoms with Crippen molar-refractivity contribution in [2.45, 2.75) is 24.3 Å². The third kappa shape index (κ3) is 3.69. The fourth-order valence-corrected chi connectivity index (χ4v) is 2.83. The number of aliphatic hydroxyl groups excluding tert-OH is 1. The molecule has 16 heavy (non-hydrogen) atoms. The Kier molecular flexibility index (Phi) is 4.33. The molecule has 1 rings (SSSR count). The van der Waals surface area contributed by atoms with Gasteiger partial charge in [-0.05, 0) is 60.7 Å².